The summed E-state index contributed by atoms with van der Waals surface area (Å²) in [5, 5.41) is 10.1. The van der Waals surface area contributed by atoms with E-state index in [1.165, 1.54) is 21.6 Å². The second-order valence-corrected chi connectivity index (χ2v) is 7.23. The van der Waals surface area contributed by atoms with Gasteiger partial charge in [-0.2, -0.15) is 0 Å². The molecule has 0 amide bonds. The zero-order valence-electron chi connectivity index (χ0n) is 14.6. The first-order valence-electron chi connectivity index (χ1n) is 8.67. The van der Waals surface area contributed by atoms with Gasteiger partial charge < -0.3 is 25.0 Å². The lowest BCUT2D eigenvalue weighted by Crippen LogP contribution is -3.07. The van der Waals surface area contributed by atoms with Gasteiger partial charge in [-0.3, -0.25) is 0 Å². The largest absolute Gasteiger partial charge is 0.870 e. The number of aliphatic hydroxyl groups is 1. The van der Waals surface area contributed by atoms with Crippen molar-refractivity contribution in [3.05, 3.63) is 34.9 Å². The van der Waals surface area contributed by atoms with Gasteiger partial charge in [0, 0.05) is 24.0 Å². The van der Waals surface area contributed by atoms with Crippen LogP contribution in [0.2, 0.25) is 0 Å². The fourth-order valence-electron chi connectivity index (χ4n) is 4.64. The average molecular weight is 333 g/mol. The van der Waals surface area contributed by atoms with E-state index in [2.05, 4.69) is 26.1 Å². The lowest BCUT2D eigenvalue weighted by Gasteiger charge is -2.35. The Balaban J connectivity index is 0.00000169. The molecule has 3 N–H and O–H groups in total. The number of quaternary nitrogens is 1. The standard InChI is InChI=1S/C19H25NO3.H2O/c1-4-12-9-13-11-20(2)8-7-19-6-5-14(21)10-15(19)23-18(16(13)19)17(12)22-3;/h5-6,9,14-15,21H,4,7-8,10-11H2,1-3H3;1H2/t14-,15-,19-;/m0./s1. The number of aryl methyl sites for hydroxylation is 1. The summed E-state index contributed by atoms with van der Waals surface area (Å²) in [6.45, 7) is 4.29. The summed E-state index contributed by atoms with van der Waals surface area (Å²) in [4.78, 5) is 1.53. The van der Waals surface area contributed by atoms with Crippen molar-refractivity contribution in [1.29, 1.82) is 0 Å². The van der Waals surface area contributed by atoms with Crippen LogP contribution in [0.5, 0.6) is 11.5 Å². The quantitative estimate of drug-likeness (QED) is 0.786. The summed E-state index contributed by atoms with van der Waals surface area (Å²) in [6.07, 6.45) is 6.43. The first-order valence-corrected chi connectivity index (χ1v) is 8.67. The van der Waals surface area contributed by atoms with Crippen LogP contribution in [0.25, 0.3) is 0 Å². The zero-order valence-corrected chi connectivity index (χ0v) is 14.6. The molecule has 2 heterocycles. The Morgan fingerprint density at radius 1 is 1.46 bits per heavy atom. The number of hydrogen-bond donors (Lipinski definition) is 2. The Bertz CT molecular complexity index is 672. The molecule has 1 aliphatic carbocycles. The summed E-state index contributed by atoms with van der Waals surface area (Å²) in [6, 6.07) is 2.32. The van der Waals surface area contributed by atoms with Crippen LogP contribution >= 0.6 is 0 Å². The SMILES string of the molecule is CCc1cc2c3c(c1OC)O[C@H]1C[C@@H](O)C=C[C@@]31CC[NH+](C)C2.[OH-]. The number of methoxy groups -OCH3 is 1. The first-order chi connectivity index (χ1) is 11.1. The predicted octanol–water partition coefficient (Wildman–Crippen LogP) is 0.819. The highest BCUT2D eigenvalue weighted by molar-refractivity contribution is 5.63. The molecule has 1 spiro atoms. The molecule has 0 saturated heterocycles. The Morgan fingerprint density at radius 3 is 2.96 bits per heavy atom. The first kappa shape index (κ1) is 17.3. The molecule has 2 aliphatic heterocycles. The van der Waals surface area contributed by atoms with Crippen LogP contribution in [0.1, 0.15) is 36.5 Å². The molecular formula is C19H27NO4. The number of rotatable bonds is 2. The van der Waals surface area contributed by atoms with Gasteiger partial charge >= 0.3 is 0 Å². The van der Waals surface area contributed by atoms with Crippen LogP contribution in [0.15, 0.2) is 18.2 Å². The van der Waals surface area contributed by atoms with Crippen LogP contribution in [0, 0.1) is 0 Å². The molecule has 0 bridgehead atoms. The van der Waals surface area contributed by atoms with Crippen molar-refractivity contribution >= 4 is 0 Å². The van der Waals surface area contributed by atoms with Gasteiger partial charge in [0.1, 0.15) is 12.6 Å². The number of hydrogen-bond acceptors (Lipinski definition) is 4. The minimum absolute atomic E-state index is 0. The van der Waals surface area contributed by atoms with Gasteiger partial charge in [0.2, 0.25) is 0 Å². The number of nitrogens with one attached hydrogen (secondary N) is 1. The molecule has 5 nitrogen and oxygen atoms in total. The van der Waals surface area contributed by atoms with Crippen LogP contribution in [-0.2, 0) is 18.4 Å². The lowest BCUT2D eigenvalue weighted by molar-refractivity contribution is -0.893. The van der Waals surface area contributed by atoms with E-state index in [1.54, 1.807) is 7.11 Å². The van der Waals surface area contributed by atoms with Gasteiger partial charge in [-0.25, -0.2) is 0 Å². The summed E-state index contributed by atoms with van der Waals surface area (Å²) in [5.74, 6) is 1.82. The molecule has 0 radical (unpaired) electrons. The van der Waals surface area contributed by atoms with E-state index in [1.807, 2.05) is 6.08 Å². The summed E-state index contributed by atoms with van der Waals surface area (Å²) in [7, 11) is 3.99. The van der Waals surface area contributed by atoms with E-state index in [9.17, 15) is 5.11 Å². The van der Waals surface area contributed by atoms with Gasteiger partial charge in [-0.05, 0) is 18.1 Å². The minimum Gasteiger partial charge on any atom is -0.870 e. The molecule has 1 aromatic rings. The van der Waals surface area contributed by atoms with Crippen LogP contribution in [0.4, 0.5) is 0 Å². The molecule has 0 fully saturated rings. The topological polar surface area (TPSA) is 73.1 Å². The maximum atomic E-state index is 10.1. The van der Waals surface area contributed by atoms with E-state index in [0.29, 0.717) is 6.42 Å². The molecule has 24 heavy (non-hydrogen) atoms. The Morgan fingerprint density at radius 2 is 2.25 bits per heavy atom. The van der Waals surface area contributed by atoms with Crippen molar-refractivity contribution < 1.29 is 25.0 Å². The third-order valence-corrected chi connectivity index (χ3v) is 5.81. The minimum atomic E-state index is -0.409. The van der Waals surface area contributed by atoms with E-state index in [-0.39, 0.29) is 17.0 Å². The van der Waals surface area contributed by atoms with Gasteiger partial charge in [0.25, 0.3) is 0 Å². The lowest BCUT2D eigenvalue weighted by atomic mass is 9.69. The highest BCUT2D eigenvalue weighted by Gasteiger charge is 2.53. The summed E-state index contributed by atoms with van der Waals surface area (Å²) >= 11 is 0. The van der Waals surface area contributed by atoms with Crippen LogP contribution < -0.4 is 14.4 Å². The maximum absolute atomic E-state index is 10.1. The number of ether oxygens (including phenoxy) is 2. The average Bonchev–Trinajstić information content (AvgIpc) is 2.79. The highest BCUT2D eigenvalue weighted by atomic mass is 16.5. The third-order valence-electron chi connectivity index (χ3n) is 5.81. The van der Waals surface area contributed by atoms with E-state index < -0.39 is 6.10 Å². The second kappa shape index (κ2) is 6.06. The predicted molar refractivity (Wildman–Crippen MR) is 90.2 cm³/mol. The van der Waals surface area contributed by atoms with E-state index in [0.717, 1.165) is 37.4 Å². The molecule has 5 heteroatoms. The Hall–Kier alpha value is -1.56. The monoisotopic (exact) mass is 333 g/mol. The van der Waals surface area contributed by atoms with Gasteiger partial charge in [-0.15, -0.1) is 0 Å². The molecule has 3 aliphatic rings. The second-order valence-electron chi connectivity index (χ2n) is 7.23. The fraction of sp³-hybridized carbons (Fsp3) is 0.579. The van der Waals surface area contributed by atoms with Gasteiger partial charge in [-0.1, -0.05) is 19.1 Å². The molecule has 4 atom stereocenters. The van der Waals surface area contributed by atoms with E-state index in [4.69, 9.17) is 9.47 Å². The molecule has 0 saturated carbocycles. The van der Waals surface area contributed by atoms with Crippen molar-refractivity contribution in [3.63, 3.8) is 0 Å². The van der Waals surface area contributed by atoms with Crippen molar-refractivity contribution in [2.24, 2.45) is 0 Å². The fourth-order valence-corrected chi connectivity index (χ4v) is 4.64. The van der Waals surface area contributed by atoms with Crippen molar-refractivity contribution in [3.8, 4) is 11.5 Å². The molecule has 0 aromatic heterocycles. The van der Waals surface area contributed by atoms with Gasteiger partial charge in [0.05, 0.1) is 32.2 Å². The maximum Gasteiger partial charge on any atom is 0.166 e. The zero-order chi connectivity index (χ0) is 16.2. The van der Waals surface area contributed by atoms with Crippen molar-refractivity contribution in [2.75, 3.05) is 20.7 Å². The number of benzene rings is 1. The highest BCUT2D eigenvalue weighted by Crippen LogP contribution is 2.55. The molecular weight excluding hydrogens is 306 g/mol. The molecule has 1 aromatic carbocycles. The Kier molecular flexibility index (Phi) is 4.36. The van der Waals surface area contributed by atoms with Crippen molar-refractivity contribution in [1.82, 2.24) is 0 Å². The number of aliphatic hydroxyl groups excluding tert-OH is 1. The molecule has 4 rings (SSSR count). The molecule has 1 unspecified atom stereocenters. The summed E-state index contributed by atoms with van der Waals surface area (Å²) in [5.41, 5.74) is 3.82. The molecule has 132 valence electrons. The normalized spacial score (nSPS) is 32.9. The Labute approximate surface area is 143 Å². The van der Waals surface area contributed by atoms with Crippen molar-refractivity contribution in [2.45, 2.75) is 50.4 Å². The van der Waals surface area contributed by atoms with Crippen LogP contribution in [-0.4, -0.2) is 43.5 Å². The van der Waals surface area contributed by atoms with Crippen LogP contribution in [0.3, 0.4) is 0 Å². The summed E-state index contributed by atoms with van der Waals surface area (Å²) < 4.78 is 12.1. The smallest absolute Gasteiger partial charge is 0.166 e. The van der Waals surface area contributed by atoms with Gasteiger partial charge in [0.15, 0.2) is 11.5 Å². The van der Waals surface area contributed by atoms with E-state index >= 15 is 0 Å². The third kappa shape index (κ3) is 2.26.